The number of hydrogen-bond acceptors (Lipinski definition) is 4. The lowest BCUT2D eigenvalue weighted by Gasteiger charge is -2.35. The van der Waals surface area contributed by atoms with Gasteiger partial charge in [-0.2, -0.15) is 0 Å². The van der Waals surface area contributed by atoms with E-state index in [1.54, 1.807) is 6.08 Å². The number of carbonyl (C=O) groups is 2. The topological polar surface area (TPSA) is 52.6 Å². The Morgan fingerprint density at radius 1 is 1.37 bits per heavy atom. The molecule has 0 spiro atoms. The van der Waals surface area contributed by atoms with Crippen molar-refractivity contribution >= 4 is 11.8 Å². The highest BCUT2D eigenvalue weighted by Crippen LogP contribution is 2.34. The molecule has 1 aliphatic heterocycles. The summed E-state index contributed by atoms with van der Waals surface area (Å²) < 4.78 is 24.2. The molecule has 2 unspecified atom stereocenters. The van der Waals surface area contributed by atoms with Crippen LogP contribution < -0.4 is 0 Å². The molecule has 3 atom stereocenters. The number of Topliss-reactive ketones (excluding diaryl/α,β-unsaturated/α-hetero) is 1. The number of allylic oxidation sites excluding steroid dienone is 3. The van der Waals surface area contributed by atoms with Gasteiger partial charge in [0.2, 0.25) is 0 Å². The van der Waals surface area contributed by atoms with E-state index in [9.17, 15) is 14.0 Å². The zero-order valence-electron chi connectivity index (χ0n) is 17.5. The van der Waals surface area contributed by atoms with Crippen LogP contribution in [-0.2, 0) is 19.1 Å². The minimum absolute atomic E-state index is 0.0100. The van der Waals surface area contributed by atoms with Crippen LogP contribution in [0.15, 0.2) is 23.3 Å². The third-order valence-corrected chi connectivity index (χ3v) is 5.24. The minimum Gasteiger partial charge on any atom is -0.459 e. The summed E-state index contributed by atoms with van der Waals surface area (Å²) in [6, 6.07) is 0. The Morgan fingerprint density at radius 3 is 2.67 bits per heavy atom. The average molecular weight is 383 g/mol. The molecule has 1 fully saturated rings. The summed E-state index contributed by atoms with van der Waals surface area (Å²) in [5.41, 5.74) is 1.43. The SMILES string of the molecule is CC(=O)O[C@@H]1CCC(=CCF)COC1(C)CCCC(C)C(=O)CC=C(C)C. The third kappa shape index (κ3) is 8.37. The molecule has 0 aromatic heterocycles. The third-order valence-electron chi connectivity index (χ3n) is 5.24. The lowest BCUT2D eigenvalue weighted by atomic mass is 9.87. The van der Waals surface area contributed by atoms with Gasteiger partial charge < -0.3 is 9.47 Å². The zero-order valence-corrected chi connectivity index (χ0v) is 17.5. The molecule has 0 N–H and O–H groups in total. The fraction of sp³-hybridized carbons (Fsp3) is 0.727. The molecule has 0 amide bonds. The maximum atomic E-state index is 12.6. The molecule has 27 heavy (non-hydrogen) atoms. The van der Waals surface area contributed by atoms with E-state index in [-0.39, 0.29) is 23.8 Å². The number of rotatable bonds is 9. The van der Waals surface area contributed by atoms with Gasteiger partial charge in [-0.1, -0.05) is 24.6 Å². The van der Waals surface area contributed by atoms with Crippen LogP contribution in [0.25, 0.3) is 0 Å². The van der Waals surface area contributed by atoms with E-state index < -0.39 is 12.3 Å². The van der Waals surface area contributed by atoms with Crippen LogP contribution in [0.1, 0.15) is 73.1 Å². The van der Waals surface area contributed by atoms with Crippen LogP contribution in [0, 0.1) is 5.92 Å². The van der Waals surface area contributed by atoms with E-state index in [1.807, 2.05) is 33.8 Å². The number of ether oxygens (including phenoxy) is 2. The molecule has 0 radical (unpaired) electrons. The Labute approximate surface area is 163 Å². The molecule has 0 aliphatic carbocycles. The molecule has 1 saturated heterocycles. The predicted molar refractivity (Wildman–Crippen MR) is 105 cm³/mol. The Balaban J connectivity index is 2.68. The van der Waals surface area contributed by atoms with E-state index in [4.69, 9.17) is 9.47 Å². The van der Waals surface area contributed by atoms with Gasteiger partial charge in [0.05, 0.1) is 6.61 Å². The first-order chi connectivity index (χ1) is 12.7. The molecule has 0 aromatic carbocycles. The van der Waals surface area contributed by atoms with Gasteiger partial charge in [0, 0.05) is 19.3 Å². The highest BCUT2D eigenvalue weighted by Gasteiger charge is 2.39. The van der Waals surface area contributed by atoms with E-state index in [0.717, 1.165) is 24.0 Å². The Bertz CT molecular complexity index is 563. The van der Waals surface area contributed by atoms with Gasteiger partial charge in [0.15, 0.2) is 0 Å². The minimum atomic E-state index is -0.625. The summed E-state index contributed by atoms with van der Waals surface area (Å²) in [5.74, 6) is -0.102. The highest BCUT2D eigenvalue weighted by atomic mass is 19.1. The molecule has 154 valence electrons. The molecule has 5 heteroatoms. The summed E-state index contributed by atoms with van der Waals surface area (Å²) in [6.45, 7) is 9.13. The standard InChI is InChI=1S/C22H35FO4/c1-16(2)8-10-20(25)17(3)7-6-13-22(5)21(27-18(4)24)11-9-19(12-14-23)15-26-22/h8,12,17,21H,6-7,9-11,13-15H2,1-5H3/t17?,21-,22?/m1/s1. The molecule has 4 nitrogen and oxygen atoms in total. The van der Waals surface area contributed by atoms with Crippen molar-refractivity contribution in [1.29, 1.82) is 0 Å². The van der Waals surface area contributed by atoms with E-state index >= 15 is 0 Å². The summed E-state index contributed by atoms with van der Waals surface area (Å²) in [7, 11) is 0. The summed E-state index contributed by atoms with van der Waals surface area (Å²) >= 11 is 0. The zero-order chi connectivity index (χ0) is 20.4. The number of esters is 1. The smallest absolute Gasteiger partial charge is 0.303 e. The summed E-state index contributed by atoms with van der Waals surface area (Å²) in [6.07, 6.45) is 7.17. The van der Waals surface area contributed by atoms with Crippen LogP contribution in [0.3, 0.4) is 0 Å². The molecule has 0 aromatic rings. The number of carbonyl (C=O) groups excluding carboxylic acids is 2. The summed E-state index contributed by atoms with van der Waals surface area (Å²) in [5, 5.41) is 0. The van der Waals surface area contributed by atoms with Crippen molar-refractivity contribution in [2.24, 2.45) is 5.92 Å². The van der Waals surface area contributed by atoms with E-state index in [2.05, 4.69) is 0 Å². The molecule has 0 saturated carbocycles. The summed E-state index contributed by atoms with van der Waals surface area (Å²) in [4.78, 5) is 23.7. The average Bonchev–Trinajstić information content (AvgIpc) is 2.73. The van der Waals surface area contributed by atoms with Crippen LogP contribution in [-0.4, -0.2) is 36.7 Å². The number of ketones is 1. The van der Waals surface area contributed by atoms with Crippen molar-refractivity contribution < 1.29 is 23.5 Å². The first-order valence-corrected chi connectivity index (χ1v) is 9.89. The molecular weight excluding hydrogens is 347 g/mol. The fourth-order valence-corrected chi connectivity index (χ4v) is 3.36. The Morgan fingerprint density at radius 2 is 2.07 bits per heavy atom. The fourth-order valence-electron chi connectivity index (χ4n) is 3.36. The van der Waals surface area contributed by atoms with Crippen molar-refractivity contribution in [3.63, 3.8) is 0 Å². The van der Waals surface area contributed by atoms with Crippen molar-refractivity contribution in [1.82, 2.24) is 0 Å². The van der Waals surface area contributed by atoms with Crippen molar-refractivity contribution in [3.05, 3.63) is 23.3 Å². The second-order valence-electron chi connectivity index (χ2n) is 8.00. The Kier molecular flexibility index (Phi) is 9.92. The van der Waals surface area contributed by atoms with Crippen LogP contribution in [0.4, 0.5) is 4.39 Å². The normalized spacial score (nSPS) is 25.6. The monoisotopic (exact) mass is 382 g/mol. The van der Waals surface area contributed by atoms with Gasteiger partial charge in [0.1, 0.15) is 24.2 Å². The molecule has 1 aliphatic rings. The van der Waals surface area contributed by atoms with Gasteiger partial charge in [0.25, 0.3) is 0 Å². The number of hydrogen-bond donors (Lipinski definition) is 0. The highest BCUT2D eigenvalue weighted by molar-refractivity contribution is 5.82. The predicted octanol–water partition coefficient (Wildman–Crippen LogP) is 5.11. The first-order valence-electron chi connectivity index (χ1n) is 9.89. The second-order valence-corrected chi connectivity index (χ2v) is 8.00. The van der Waals surface area contributed by atoms with Crippen molar-refractivity contribution in [2.45, 2.75) is 84.8 Å². The van der Waals surface area contributed by atoms with Gasteiger partial charge >= 0.3 is 5.97 Å². The van der Waals surface area contributed by atoms with Crippen molar-refractivity contribution in [3.8, 4) is 0 Å². The molecular formula is C22H35FO4. The van der Waals surface area contributed by atoms with Crippen LogP contribution in [0.5, 0.6) is 0 Å². The number of alkyl halides is 1. The van der Waals surface area contributed by atoms with Gasteiger partial charge in [-0.05, 0) is 58.4 Å². The van der Waals surface area contributed by atoms with Gasteiger partial charge in [-0.3, -0.25) is 9.59 Å². The number of halogens is 1. The van der Waals surface area contributed by atoms with Gasteiger partial charge in [-0.15, -0.1) is 0 Å². The maximum absolute atomic E-state index is 12.6. The molecule has 1 heterocycles. The van der Waals surface area contributed by atoms with E-state index in [0.29, 0.717) is 32.3 Å². The molecule has 0 bridgehead atoms. The quantitative estimate of drug-likeness (QED) is 0.410. The largest absolute Gasteiger partial charge is 0.459 e. The molecule has 1 rings (SSSR count). The van der Waals surface area contributed by atoms with E-state index in [1.165, 1.54) is 6.92 Å². The Hall–Kier alpha value is -1.49. The second kappa shape index (κ2) is 11.4. The maximum Gasteiger partial charge on any atom is 0.303 e. The lowest BCUT2D eigenvalue weighted by Crippen LogP contribution is -2.43. The van der Waals surface area contributed by atoms with Crippen LogP contribution >= 0.6 is 0 Å². The van der Waals surface area contributed by atoms with Gasteiger partial charge in [-0.25, -0.2) is 4.39 Å². The first kappa shape index (κ1) is 23.5. The lowest BCUT2D eigenvalue weighted by molar-refractivity contribution is -0.167. The van der Waals surface area contributed by atoms with Crippen LogP contribution in [0.2, 0.25) is 0 Å². The van der Waals surface area contributed by atoms with Crippen molar-refractivity contribution in [2.75, 3.05) is 13.3 Å².